The quantitative estimate of drug-likeness (QED) is 0.483. The van der Waals surface area contributed by atoms with Gasteiger partial charge in [-0.25, -0.2) is 4.79 Å². The van der Waals surface area contributed by atoms with E-state index in [4.69, 9.17) is 0 Å². The van der Waals surface area contributed by atoms with E-state index in [1.54, 1.807) is 16.9 Å². The highest BCUT2D eigenvalue weighted by molar-refractivity contribution is 6.37. The first-order valence-corrected chi connectivity index (χ1v) is 11.5. The lowest BCUT2D eigenvalue weighted by molar-refractivity contribution is -0.110. The minimum absolute atomic E-state index is 0.127. The number of hydrogen-bond donors (Lipinski definition) is 3. The molecule has 1 aromatic heterocycles. The third-order valence-electron chi connectivity index (χ3n) is 6.31. The molecule has 8 heteroatoms. The molecule has 2 aromatic carbocycles. The zero-order valence-corrected chi connectivity index (χ0v) is 19.0. The summed E-state index contributed by atoms with van der Waals surface area (Å²) in [6.07, 6.45) is 7.30. The summed E-state index contributed by atoms with van der Waals surface area (Å²) >= 11 is 0. The van der Waals surface area contributed by atoms with Crippen LogP contribution in [0.3, 0.4) is 0 Å². The summed E-state index contributed by atoms with van der Waals surface area (Å²) in [5.41, 5.74) is 5.05. The highest BCUT2D eigenvalue weighted by atomic mass is 16.4. The fourth-order valence-electron chi connectivity index (χ4n) is 4.65. The molecule has 0 bridgehead atoms. The van der Waals surface area contributed by atoms with E-state index in [9.17, 15) is 14.7 Å². The molecule has 34 heavy (non-hydrogen) atoms. The lowest BCUT2D eigenvalue weighted by atomic mass is 9.99. The third-order valence-corrected chi connectivity index (χ3v) is 6.31. The maximum absolute atomic E-state index is 13.1. The number of carboxylic acid groups (broad SMARTS) is 1. The van der Waals surface area contributed by atoms with Crippen LogP contribution in [0.25, 0.3) is 11.3 Å². The Labute approximate surface area is 197 Å². The number of nitrogens with one attached hydrogen (secondary N) is 2. The Morgan fingerprint density at radius 3 is 2.68 bits per heavy atom. The molecule has 1 saturated heterocycles. The minimum Gasteiger partial charge on any atom is -0.478 e. The van der Waals surface area contributed by atoms with E-state index < -0.39 is 5.97 Å². The molecule has 0 unspecified atom stereocenters. The van der Waals surface area contributed by atoms with Crippen molar-refractivity contribution in [2.75, 3.05) is 23.7 Å². The van der Waals surface area contributed by atoms with E-state index in [0.29, 0.717) is 22.5 Å². The number of fused-ring (bicyclic) bond motifs is 1. The summed E-state index contributed by atoms with van der Waals surface area (Å²) in [5, 5.41) is 20.1. The second-order valence-corrected chi connectivity index (χ2v) is 8.83. The Bertz CT molecular complexity index is 1290. The van der Waals surface area contributed by atoms with Crippen molar-refractivity contribution in [1.82, 2.24) is 14.7 Å². The van der Waals surface area contributed by atoms with Crippen LogP contribution >= 0.6 is 0 Å². The number of carbonyl (C=O) groups is 2. The van der Waals surface area contributed by atoms with Gasteiger partial charge in [0.1, 0.15) is 0 Å². The fourth-order valence-corrected chi connectivity index (χ4v) is 4.65. The van der Waals surface area contributed by atoms with Gasteiger partial charge in [0.15, 0.2) is 0 Å². The number of aryl methyl sites for hydroxylation is 1. The standard InChI is InChI=1S/C26H27N5O3/c1-30-16-19(14-27-30)24(23-21-13-18(26(33)34)8-9-22(21)29-25(23)32)28-20-7-5-6-17(12-20)15-31-10-3-2-4-11-31/h5-9,12-14,16,28H,2-4,10-11,15H2,1H3,(H,29,32)(H,33,34). The van der Waals surface area contributed by atoms with Gasteiger partial charge in [0.2, 0.25) is 0 Å². The smallest absolute Gasteiger partial charge is 0.335 e. The van der Waals surface area contributed by atoms with Crippen LogP contribution in [0.2, 0.25) is 0 Å². The van der Waals surface area contributed by atoms with E-state index in [-0.39, 0.29) is 11.5 Å². The maximum Gasteiger partial charge on any atom is 0.335 e. The van der Waals surface area contributed by atoms with Crippen LogP contribution in [0, 0.1) is 0 Å². The second kappa shape index (κ2) is 9.15. The molecule has 0 saturated carbocycles. The van der Waals surface area contributed by atoms with Gasteiger partial charge < -0.3 is 15.7 Å². The Balaban J connectivity index is 1.55. The van der Waals surface area contributed by atoms with Crippen LogP contribution in [0.1, 0.15) is 46.3 Å². The second-order valence-electron chi connectivity index (χ2n) is 8.83. The number of hydrogen-bond acceptors (Lipinski definition) is 5. The number of nitrogens with zero attached hydrogens (tertiary/aromatic N) is 3. The Morgan fingerprint density at radius 1 is 1.12 bits per heavy atom. The number of likely N-dealkylation sites (tertiary alicyclic amines) is 1. The van der Waals surface area contributed by atoms with Crippen molar-refractivity contribution in [3.8, 4) is 0 Å². The predicted molar refractivity (Wildman–Crippen MR) is 131 cm³/mol. The van der Waals surface area contributed by atoms with Crippen LogP contribution in [-0.2, 0) is 18.4 Å². The van der Waals surface area contributed by atoms with Gasteiger partial charge in [-0.05, 0) is 61.8 Å². The number of anilines is 2. The number of rotatable bonds is 6. The van der Waals surface area contributed by atoms with Crippen molar-refractivity contribution in [2.45, 2.75) is 25.8 Å². The van der Waals surface area contributed by atoms with E-state index in [1.807, 2.05) is 25.4 Å². The van der Waals surface area contributed by atoms with Crippen LogP contribution in [0.15, 0.2) is 54.9 Å². The molecular formula is C26H27N5O3. The summed E-state index contributed by atoms with van der Waals surface area (Å²) in [5.74, 6) is -1.32. The average molecular weight is 458 g/mol. The van der Waals surface area contributed by atoms with Gasteiger partial charge in [0, 0.05) is 42.3 Å². The topological polar surface area (TPSA) is 99.5 Å². The van der Waals surface area contributed by atoms with Gasteiger partial charge in [-0.3, -0.25) is 14.4 Å². The molecule has 3 heterocycles. The molecule has 1 fully saturated rings. The molecule has 8 nitrogen and oxygen atoms in total. The SMILES string of the molecule is Cn1cc(C(Nc2cccc(CN3CCCCC3)c2)=C2C(=O)Nc3ccc(C(=O)O)cc32)cn1. The number of carbonyl (C=O) groups excluding carboxylic acids is 1. The van der Waals surface area contributed by atoms with Crippen molar-refractivity contribution in [1.29, 1.82) is 0 Å². The van der Waals surface area contributed by atoms with E-state index in [2.05, 4.69) is 32.8 Å². The molecule has 0 spiro atoms. The fraction of sp³-hybridized carbons (Fsp3) is 0.269. The zero-order valence-electron chi connectivity index (χ0n) is 19.0. The molecule has 0 atom stereocenters. The van der Waals surface area contributed by atoms with Crippen molar-refractivity contribution in [3.05, 3.63) is 77.1 Å². The molecule has 5 rings (SSSR count). The molecule has 1 amide bonds. The third kappa shape index (κ3) is 4.45. The molecule has 3 N–H and O–H groups in total. The molecule has 2 aliphatic rings. The highest BCUT2D eigenvalue weighted by Gasteiger charge is 2.30. The van der Waals surface area contributed by atoms with E-state index in [0.717, 1.165) is 30.9 Å². The first-order chi connectivity index (χ1) is 16.5. The summed E-state index contributed by atoms with van der Waals surface area (Å²) in [6.45, 7) is 3.12. The average Bonchev–Trinajstić information content (AvgIpc) is 3.40. The van der Waals surface area contributed by atoms with Gasteiger partial charge in [0.05, 0.1) is 23.0 Å². The first kappa shape index (κ1) is 21.9. The van der Waals surface area contributed by atoms with Crippen molar-refractivity contribution in [3.63, 3.8) is 0 Å². The monoisotopic (exact) mass is 457 g/mol. The van der Waals surface area contributed by atoms with Crippen LogP contribution in [0.5, 0.6) is 0 Å². The normalized spacial score (nSPS) is 17.3. The van der Waals surface area contributed by atoms with E-state index >= 15 is 0 Å². The number of amides is 1. The van der Waals surface area contributed by atoms with E-state index in [1.165, 1.54) is 37.0 Å². The van der Waals surface area contributed by atoms with Crippen molar-refractivity contribution >= 4 is 34.5 Å². The Morgan fingerprint density at radius 2 is 1.94 bits per heavy atom. The number of carboxylic acids is 1. The van der Waals surface area contributed by atoms with Crippen molar-refractivity contribution < 1.29 is 14.7 Å². The first-order valence-electron chi connectivity index (χ1n) is 11.5. The molecule has 0 radical (unpaired) electrons. The van der Waals surface area contributed by atoms with Gasteiger partial charge in [-0.2, -0.15) is 5.10 Å². The van der Waals surface area contributed by atoms with Crippen molar-refractivity contribution in [2.24, 2.45) is 7.05 Å². The number of benzene rings is 2. The zero-order chi connectivity index (χ0) is 23.7. The van der Waals surface area contributed by atoms with Crippen LogP contribution in [0.4, 0.5) is 11.4 Å². The molecule has 3 aromatic rings. The lowest BCUT2D eigenvalue weighted by Crippen LogP contribution is -2.29. The molecule has 174 valence electrons. The van der Waals surface area contributed by atoms with Crippen LogP contribution in [-0.4, -0.2) is 44.8 Å². The maximum atomic E-state index is 13.1. The minimum atomic E-state index is -1.04. The molecule has 0 aliphatic carbocycles. The summed E-state index contributed by atoms with van der Waals surface area (Å²) in [6, 6.07) is 12.9. The number of aromatic carboxylic acids is 1. The predicted octanol–water partition coefficient (Wildman–Crippen LogP) is 4.04. The molecular weight excluding hydrogens is 430 g/mol. The Hall–Kier alpha value is -3.91. The lowest BCUT2D eigenvalue weighted by Gasteiger charge is -2.26. The summed E-state index contributed by atoms with van der Waals surface area (Å²) in [4.78, 5) is 27.1. The van der Waals surface area contributed by atoms with Gasteiger partial charge in [-0.1, -0.05) is 18.6 Å². The summed E-state index contributed by atoms with van der Waals surface area (Å²) in [7, 11) is 1.82. The van der Waals surface area contributed by atoms with Gasteiger partial charge >= 0.3 is 5.97 Å². The summed E-state index contributed by atoms with van der Waals surface area (Å²) < 4.78 is 1.67. The number of aromatic nitrogens is 2. The van der Waals surface area contributed by atoms with Gasteiger partial charge in [0.25, 0.3) is 5.91 Å². The molecule has 2 aliphatic heterocycles. The largest absolute Gasteiger partial charge is 0.478 e. The van der Waals surface area contributed by atoms with Crippen LogP contribution < -0.4 is 10.6 Å². The highest BCUT2D eigenvalue weighted by Crippen LogP contribution is 2.38. The Kier molecular flexibility index (Phi) is 5.90. The van der Waals surface area contributed by atoms with Gasteiger partial charge in [-0.15, -0.1) is 0 Å². The number of piperidine rings is 1.